The van der Waals surface area contributed by atoms with Crippen molar-refractivity contribution in [2.24, 2.45) is 0 Å². The van der Waals surface area contributed by atoms with Gasteiger partial charge < -0.3 is 43.8 Å². The van der Waals surface area contributed by atoms with Gasteiger partial charge in [-0.05, 0) is 5.56 Å². The highest BCUT2D eigenvalue weighted by atomic mass is 31.3. The second-order valence-electron chi connectivity index (χ2n) is 11.6. The van der Waals surface area contributed by atoms with E-state index in [-0.39, 0.29) is 6.42 Å². The zero-order valence-corrected chi connectivity index (χ0v) is 29.3. The number of aliphatic hydroxyl groups is 2. The molecule has 0 aliphatic carbocycles. The van der Waals surface area contributed by atoms with Crippen LogP contribution < -0.4 is 22.5 Å². The van der Waals surface area contributed by atoms with E-state index in [0.29, 0.717) is 4.57 Å². The molecule has 6 rings (SSSR count). The number of benzene rings is 1. The van der Waals surface area contributed by atoms with Crippen molar-refractivity contribution in [2.75, 3.05) is 13.2 Å². The van der Waals surface area contributed by atoms with Crippen LogP contribution in [0.2, 0.25) is 0 Å². The van der Waals surface area contributed by atoms with Crippen LogP contribution in [0, 0.1) is 0 Å². The molecule has 53 heavy (non-hydrogen) atoms. The fourth-order valence-electron chi connectivity index (χ4n) is 5.67. The normalized spacial score (nSPS) is 31.8. The molecule has 5 unspecified atom stereocenters. The molecule has 1 aromatic carbocycles. The molecule has 2 aromatic heterocycles. The maximum absolute atomic E-state index is 12.7. The summed E-state index contributed by atoms with van der Waals surface area (Å²) in [5.74, 6) is 0. The summed E-state index contributed by atoms with van der Waals surface area (Å²) in [4.78, 5) is 81.8. The SMILES string of the molecule is O=c1ccn([C@@H]2OC(COP(=O)(O)OP(=O)(O)OP(=O)(O)OC[C@H]3O[C@@H](n4ccc(=O)[nH]c4=O)[C@@H]4OC(Cc5ccccc5)O[C@@H]43)[C@@H](O)[C@H]2O)c(=O)[nH]1. The van der Waals surface area contributed by atoms with E-state index in [4.69, 9.17) is 23.5 Å². The molecule has 3 aromatic rings. The summed E-state index contributed by atoms with van der Waals surface area (Å²) in [5.41, 5.74) is -2.56. The average Bonchev–Trinajstić information content (AvgIpc) is 3.70. The first-order valence-corrected chi connectivity index (χ1v) is 19.7. The van der Waals surface area contributed by atoms with Crippen molar-refractivity contribution >= 4 is 23.5 Å². The van der Waals surface area contributed by atoms with Gasteiger partial charge in [-0.2, -0.15) is 8.62 Å². The summed E-state index contributed by atoms with van der Waals surface area (Å²) in [7, 11) is -17.3. The summed E-state index contributed by atoms with van der Waals surface area (Å²) >= 11 is 0. The van der Waals surface area contributed by atoms with Crippen LogP contribution in [0.5, 0.6) is 0 Å². The lowest BCUT2D eigenvalue weighted by atomic mass is 10.1. The lowest BCUT2D eigenvalue weighted by molar-refractivity contribution is -0.150. The number of aromatic nitrogens is 4. The van der Waals surface area contributed by atoms with Crippen molar-refractivity contribution in [1.29, 1.82) is 0 Å². The minimum Gasteiger partial charge on any atom is -0.387 e. The maximum atomic E-state index is 12.7. The Morgan fingerprint density at radius 2 is 1.15 bits per heavy atom. The molecule has 12 atom stereocenters. The summed E-state index contributed by atoms with van der Waals surface area (Å²) in [6.07, 6.45) is -10.1. The smallest absolute Gasteiger partial charge is 0.387 e. The van der Waals surface area contributed by atoms with E-state index in [9.17, 15) is 57.8 Å². The number of hydrogen-bond donors (Lipinski definition) is 7. The summed E-state index contributed by atoms with van der Waals surface area (Å²) < 4.78 is 80.0. The van der Waals surface area contributed by atoms with Crippen molar-refractivity contribution in [3.63, 3.8) is 0 Å². The maximum Gasteiger partial charge on any atom is 0.490 e. The van der Waals surface area contributed by atoms with Gasteiger partial charge in [0.15, 0.2) is 18.7 Å². The molecule has 290 valence electrons. The van der Waals surface area contributed by atoms with E-state index in [2.05, 4.69) is 18.1 Å². The molecule has 3 fully saturated rings. The van der Waals surface area contributed by atoms with E-state index in [1.165, 1.54) is 0 Å². The highest BCUT2D eigenvalue weighted by molar-refractivity contribution is 7.66. The van der Waals surface area contributed by atoms with Gasteiger partial charge in [-0.1, -0.05) is 30.3 Å². The Hall–Kier alpha value is -3.25. The van der Waals surface area contributed by atoms with Gasteiger partial charge in [0.1, 0.15) is 36.6 Å². The van der Waals surface area contributed by atoms with Crippen molar-refractivity contribution in [3.8, 4) is 0 Å². The van der Waals surface area contributed by atoms with Gasteiger partial charge in [0, 0.05) is 30.9 Å². The van der Waals surface area contributed by atoms with E-state index < -0.39 is 115 Å². The van der Waals surface area contributed by atoms with Crippen LogP contribution in [0.25, 0.3) is 0 Å². The topological polar surface area (TPSA) is 336 Å². The van der Waals surface area contributed by atoms with Crippen LogP contribution >= 0.6 is 23.5 Å². The van der Waals surface area contributed by atoms with E-state index in [1.54, 1.807) is 30.3 Å². The summed E-state index contributed by atoms with van der Waals surface area (Å²) in [5, 5.41) is 20.6. The zero-order chi connectivity index (χ0) is 38.3. The van der Waals surface area contributed by atoms with E-state index >= 15 is 0 Å². The van der Waals surface area contributed by atoms with E-state index in [1.807, 2.05) is 4.98 Å². The van der Waals surface area contributed by atoms with Crippen LogP contribution in [-0.4, -0.2) is 100 Å². The second kappa shape index (κ2) is 15.5. The van der Waals surface area contributed by atoms with Gasteiger partial charge in [0.25, 0.3) is 11.1 Å². The molecule has 3 saturated heterocycles. The molecule has 0 radical (unpaired) electrons. The fraction of sp³-hybridized carbons (Fsp3) is 0.462. The van der Waals surface area contributed by atoms with Gasteiger partial charge in [0.05, 0.1) is 13.2 Å². The van der Waals surface area contributed by atoms with Gasteiger partial charge >= 0.3 is 34.8 Å². The standard InChI is InChI=1S/C26H31N4O20P3/c31-16-6-8-29(25(35)27-16)23-20(34)19(33)14(45-23)11-43-51(37,38)49-53(41,42)50-52(39,40)44-12-15-21-22(24(46-15)30-9-7-17(32)28-26(30)36)48-18(47-21)10-13-4-2-1-3-5-13/h1-9,14-15,18-24,33-34H,10-12H2,(H,37,38)(H,39,40)(H,41,42)(H,27,31,35)(H,28,32,36)/t14?,15-,18?,19-,20-,21-,22-,23-,24-/m1/s1. The number of phosphoric ester groups is 2. The van der Waals surface area contributed by atoms with Gasteiger partial charge in [-0.15, -0.1) is 0 Å². The Morgan fingerprint density at radius 1 is 0.642 bits per heavy atom. The summed E-state index contributed by atoms with van der Waals surface area (Å²) in [6.45, 7) is -2.01. The molecular weight excluding hydrogens is 781 g/mol. The molecule has 0 amide bonds. The van der Waals surface area contributed by atoms with Crippen molar-refractivity contribution in [2.45, 2.75) is 61.8 Å². The molecule has 3 aliphatic rings. The van der Waals surface area contributed by atoms with E-state index in [0.717, 1.165) is 34.7 Å². The number of aromatic amines is 2. The zero-order valence-electron chi connectivity index (χ0n) is 26.6. The molecule has 7 N–H and O–H groups in total. The predicted octanol–water partition coefficient (Wildman–Crippen LogP) is -1.68. The largest absolute Gasteiger partial charge is 0.490 e. The van der Waals surface area contributed by atoms with Gasteiger partial charge in [-0.3, -0.25) is 37.7 Å². The number of nitrogens with zero attached hydrogens (tertiary/aromatic N) is 2. The Balaban J connectivity index is 1.06. The fourth-order valence-corrected chi connectivity index (χ4v) is 9.19. The van der Waals surface area contributed by atoms with Crippen LogP contribution in [0.15, 0.2) is 74.0 Å². The highest BCUT2D eigenvalue weighted by Crippen LogP contribution is 2.68. The first kappa shape index (κ1) is 39.4. The number of hydrogen-bond acceptors (Lipinski definition) is 17. The number of aliphatic hydroxyl groups excluding tert-OH is 2. The number of phosphoric acid groups is 3. The Morgan fingerprint density at radius 3 is 1.72 bits per heavy atom. The minimum absolute atomic E-state index is 0.243. The first-order chi connectivity index (χ1) is 24.9. The number of nitrogens with one attached hydrogen (secondary N) is 2. The molecule has 0 bridgehead atoms. The average molecular weight is 812 g/mol. The van der Waals surface area contributed by atoms with Gasteiger partial charge in [0.2, 0.25) is 0 Å². The molecule has 0 saturated carbocycles. The first-order valence-electron chi connectivity index (χ1n) is 15.3. The number of H-pyrrole nitrogens is 2. The van der Waals surface area contributed by atoms with Crippen LogP contribution in [0.4, 0.5) is 0 Å². The lowest BCUT2D eigenvalue weighted by Gasteiger charge is -2.22. The Labute approximate surface area is 294 Å². The number of rotatable bonds is 14. The second-order valence-corrected chi connectivity index (χ2v) is 16.3. The predicted molar refractivity (Wildman–Crippen MR) is 170 cm³/mol. The van der Waals surface area contributed by atoms with Crippen molar-refractivity contribution < 1.29 is 75.2 Å². The minimum atomic E-state index is -5.98. The monoisotopic (exact) mass is 812 g/mol. The Bertz CT molecular complexity index is 2180. The molecule has 3 aliphatic heterocycles. The van der Waals surface area contributed by atoms with Crippen molar-refractivity contribution in [1.82, 2.24) is 19.1 Å². The van der Waals surface area contributed by atoms with Crippen molar-refractivity contribution in [3.05, 3.63) is 102 Å². The molecule has 0 spiro atoms. The lowest BCUT2D eigenvalue weighted by Crippen LogP contribution is -2.37. The molecule has 5 heterocycles. The molecule has 24 nitrogen and oxygen atoms in total. The summed E-state index contributed by atoms with van der Waals surface area (Å²) in [6, 6.07) is 10.9. The van der Waals surface area contributed by atoms with Crippen LogP contribution in [-0.2, 0) is 56.7 Å². The molecular formula is C26H31N4O20P3. The quantitative estimate of drug-likeness (QED) is 0.0894. The third kappa shape index (κ3) is 9.35. The number of ether oxygens (including phenoxy) is 4. The van der Waals surface area contributed by atoms with Gasteiger partial charge in [-0.25, -0.2) is 23.3 Å². The highest BCUT2D eigenvalue weighted by Gasteiger charge is 2.55. The van der Waals surface area contributed by atoms with Crippen LogP contribution in [0.1, 0.15) is 18.0 Å². The Kier molecular flexibility index (Phi) is 11.5. The van der Waals surface area contributed by atoms with Crippen LogP contribution in [0.3, 0.4) is 0 Å². The third-order valence-corrected chi connectivity index (χ3v) is 12.2. The number of fused-ring (bicyclic) bond motifs is 1. The molecule has 27 heteroatoms. The third-order valence-electron chi connectivity index (χ3n) is 7.95.